The fourth-order valence-corrected chi connectivity index (χ4v) is 1.52. The summed E-state index contributed by atoms with van der Waals surface area (Å²) in [4.78, 5) is 9.17. The molecule has 0 aliphatic heterocycles. The maximum absolute atomic E-state index is 13.4. The Labute approximate surface area is 94.3 Å². The van der Waals surface area contributed by atoms with Crippen LogP contribution in [-0.2, 0) is 0 Å². The van der Waals surface area contributed by atoms with E-state index < -0.39 is 5.82 Å². The molecule has 0 aliphatic carbocycles. The molecular weight excluding hydrogens is 217 g/mol. The van der Waals surface area contributed by atoms with Crippen molar-refractivity contribution in [2.75, 3.05) is 18.5 Å². The van der Waals surface area contributed by atoms with Crippen LogP contribution >= 0.6 is 11.6 Å². The second kappa shape index (κ2) is 4.31. The van der Waals surface area contributed by atoms with E-state index in [9.17, 15) is 4.39 Å². The third-order valence-electron chi connectivity index (χ3n) is 1.77. The Morgan fingerprint density at radius 1 is 1.47 bits per heavy atom. The predicted molar refractivity (Wildman–Crippen MR) is 59.7 cm³/mol. The SMILES string of the molecule is CN(CC(C)(C)C)c1nc(Cl)ncc1F. The Morgan fingerprint density at radius 3 is 2.60 bits per heavy atom. The lowest BCUT2D eigenvalue weighted by atomic mass is 9.96. The maximum Gasteiger partial charge on any atom is 0.224 e. The summed E-state index contributed by atoms with van der Waals surface area (Å²) >= 11 is 5.62. The van der Waals surface area contributed by atoms with Crippen LogP contribution in [0.25, 0.3) is 0 Å². The fraction of sp³-hybridized carbons (Fsp3) is 0.600. The minimum atomic E-state index is -0.453. The van der Waals surface area contributed by atoms with E-state index in [0.29, 0.717) is 6.54 Å². The zero-order valence-corrected chi connectivity index (χ0v) is 10.1. The van der Waals surface area contributed by atoms with Crippen molar-refractivity contribution in [3.05, 3.63) is 17.3 Å². The topological polar surface area (TPSA) is 29.0 Å². The molecule has 1 aromatic heterocycles. The largest absolute Gasteiger partial charge is 0.357 e. The summed E-state index contributed by atoms with van der Waals surface area (Å²) in [6.45, 7) is 6.91. The Kier molecular flexibility index (Phi) is 3.50. The number of aromatic nitrogens is 2. The molecule has 0 fully saturated rings. The van der Waals surface area contributed by atoms with Gasteiger partial charge in [-0.1, -0.05) is 20.8 Å². The summed E-state index contributed by atoms with van der Waals surface area (Å²) < 4.78 is 13.4. The van der Waals surface area contributed by atoms with Crippen LogP contribution in [0.5, 0.6) is 0 Å². The highest BCUT2D eigenvalue weighted by molar-refractivity contribution is 6.28. The van der Waals surface area contributed by atoms with Gasteiger partial charge in [0.05, 0.1) is 6.20 Å². The van der Waals surface area contributed by atoms with Gasteiger partial charge in [0.15, 0.2) is 11.6 Å². The molecule has 0 N–H and O–H groups in total. The van der Waals surface area contributed by atoms with Gasteiger partial charge in [-0.25, -0.2) is 9.37 Å². The molecule has 0 bridgehead atoms. The highest BCUT2D eigenvalue weighted by atomic mass is 35.5. The van der Waals surface area contributed by atoms with Crippen molar-refractivity contribution in [1.82, 2.24) is 9.97 Å². The molecule has 0 atom stereocenters. The fourth-order valence-electron chi connectivity index (χ4n) is 1.39. The van der Waals surface area contributed by atoms with Gasteiger partial charge in [-0.05, 0) is 17.0 Å². The van der Waals surface area contributed by atoms with E-state index in [1.807, 2.05) is 0 Å². The molecule has 0 aromatic carbocycles. The first-order valence-electron chi connectivity index (χ1n) is 4.69. The minimum Gasteiger partial charge on any atom is -0.357 e. The quantitative estimate of drug-likeness (QED) is 0.733. The summed E-state index contributed by atoms with van der Waals surface area (Å²) in [5, 5.41) is 0.0622. The van der Waals surface area contributed by atoms with Crippen molar-refractivity contribution in [3.63, 3.8) is 0 Å². The number of anilines is 1. The molecule has 0 saturated carbocycles. The first-order valence-corrected chi connectivity index (χ1v) is 5.06. The van der Waals surface area contributed by atoms with Gasteiger partial charge in [-0.3, -0.25) is 0 Å². The van der Waals surface area contributed by atoms with Crippen LogP contribution < -0.4 is 4.90 Å². The Morgan fingerprint density at radius 2 is 2.07 bits per heavy atom. The smallest absolute Gasteiger partial charge is 0.224 e. The highest BCUT2D eigenvalue weighted by Gasteiger charge is 2.17. The molecule has 0 aliphatic rings. The first-order chi connectivity index (χ1) is 6.79. The molecular formula is C10H15ClFN3. The molecule has 1 heterocycles. The first kappa shape index (κ1) is 12.2. The third kappa shape index (κ3) is 3.63. The zero-order chi connectivity index (χ0) is 11.6. The lowest BCUT2D eigenvalue weighted by Gasteiger charge is -2.27. The Hall–Kier alpha value is -0.900. The molecule has 0 spiro atoms. The van der Waals surface area contributed by atoms with E-state index >= 15 is 0 Å². The van der Waals surface area contributed by atoms with Gasteiger partial charge in [0.1, 0.15) is 0 Å². The van der Waals surface area contributed by atoms with Gasteiger partial charge >= 0.3 is 0 Å². The normalized spacial score (nSPS) is 11.6. The number of rotatable bonds is 2. The van der Waals surface area contributed by atoms with Crippen LogP contribution in [0.15, 0.2) is 6.20 Å². The van der Waals surface area contributed by atoms with E-state index in [4.69, 9.17) is 11.6 Å². The van der Waals surface area contributed by atoms with Crippen molar-refractivity contribution in [2.24, 2.45) is 5.41 Å². The predicted octanol–water partition coefficient (Wildman–Crippen LogP) is 2.75. The number of halogens is 2. The Balaban J connectivity index is 2.90. The van der Waals surface area contributed by atoms with Crippen LogP contribution in [-0.4, -0.2) is 23.6 Å². The average molecular weight is 232 g/mol. The molecule has 84 valence electrons. The molecule has 0 unspecified atom stereocenters. The summed E-state index contributed by atoms with van der Waals surface area (Å²) in [6.07, 6.45) is 1.09. The summed E-state index contributed by atoms with van der Waals surface area (Å²) in [5.74, 6) is -0.212. The minimum absolute atomic E-state index is 0.0622. The summed E-state index contributed by atoms with van der Waals surface area (Å²) in [5.41, 5.74) is 0.0681. The molecule has 1 rings (SSSR count). The number of hydrogen-bond donors (Lipinski definition) is 0. The van der Waals surface area contributed by atoms with E-state index in [-0.39, 0.29) is 16.5 Å². The van der Waals surface area contributed by atoms with Crippen LogP contribution in [0.2, 0.25) is 5.28 Å². The molecule has 5 heteroatoms. The Bertz CT molecular complexity index is 349. The maximum atomic E-state index is 13.4. The second-order valence-electron chi connectivity index (χ2n) is 4.73. The van der Waals surface area contributed by atoms with Gasteiger partial charge in [-0.15, -0.1) is 0 Å². The lowest BCUT2D eigenvalue weighted by molar-refractivity contribution is 0.415. The lowest BCUT2D eigenvalue weighted by Crippen LogP contribution is -2.30. The monoisotopic (exact) mass is 231 g/mol. The molecule has 0 amide bonds. The van der Waals surface area contributed by atoms with Crippen LogP contribution in [0, 0.1) is 11.2 Å². The number of nitrogens with zero attached hydrogens (tertiary/aromatic N) is 3. The van der Waals surface area contributed by atoms with Gasteiger partial charge in [0.25, 0.3) is 0 Å². The summed E-state index contributed by atoms with van der Waals surface area (Å²) in [6, 6.07) is 0. The third-order valence-corrected chi connectivity index (χ3v) is 1.95. The molecule has 15 heavy (non-hydrogen) atoms. The number of hydrogen-bond acceptors (Lipinski definition) is 3. The molecule has 0 radical (unpaired) electrons. The van der Waals surface area contributed by atoms with Crippen molar-refractivity contribution < 1.29 is 4.39 Å². The van der Waals surface area contributed by atoms with Crippen molar-refractivity contribution in [1.29, 1.82) is 0 Å². The zero-order valence-electron chi connectivity index (χ0n) is 9.38. The molecule has 0 saturated heterocycles. The molecule has 1 aromatic rings. The van der Waals surface area contributed by atoms with Crippen LogP contribution in [0.3, 0.4) is 0 Å². The van der Waals surface area contributed by atoms with Crippen molar-refractivity contribution >= 4 is 17.4 Å². The second-order valence-corrected chi connectivity index (χ2v) is 5.07. The van der Waals surface area contributed by atoms with Gasteiger partial charge in [0, 0.05) is 13.6 Å². The van der Waals surface area contributed by atoms with Gasteiger partial charge in [0.2, 0.25) is 5.28 Å². The van der Waals surface area contributed by atoms with Gasteiger partial charge < -0.3 is 4.90 Å². The van der Waals surface area contributed by atoms with Crippen LogP contribution in [0.1, 0.15) is 20.8 Å². The van der Waals surface area contributed by atoms with E-state index in [0.717, 1.165) is 6.20 Å². The van der Waals surface area contributed by atoms with Crippen molar-refractivity contribution in [2.45, 2.75) is 20.8 Å². The van der Waals surface area contributed by atoms with Crippen molar-refractivity contribution in [3.8, 4) is 0 Å². The van der Waals surface area contributed by atoms with E-state index in [2.05, 4.69) is 30.7 Å². The standard InChI is InChI=1S/C10H15ClFN3/c1-10(2,3)6-15(4)8-7(12)5-13-9(11)14-8/h5H,6H2,1-4H3. The van der Waals surface area contributed by atoms with Gasteiger partial charge in [-0.2, -0.15) is 4.98 Å². The highest BCUT2D eigenvalue weighted by Crippen LogP contribution is 2.21. The van der Waals surface area contributed by atoms with E-state index in [1.54, 1.807) is 11.9 Å². The molecule has 3 nitrogen and oxygen atoms in total. The summed E-state index contributed by atoms with van der Waals surface area (Å²) in [7, 11) is 1.78. The van der Waals surface area contributed by atoms with Crippen LogP contribution in [0.4, 0.5) is 10.2 Å². The van der Waals surface area contributed by atoms with E-state index in [1.165, 1.54) is 0 Å². The average Bonchev–Trinajstić information content (AvgIpc) is 2.06.